The second kappa shape index (κ2) is 16.6. The van der Waals surface area contributed by atoms with Gasteiger partial charge in [-0.2, -0.15) is 0 Å². The minimum atomic E-state index is -1.29. The minimum Gasteiger partial charge on any atom is -0.497 e. The monoisotopic (exact) mass is 569 g/mol. The highest BCUT2D eigenvalue weighted by molar-refractivity contribution is 5.99. The summed E-state index contributed by atoms with van der Waals surface area (Å²) >= 11 is 0. The lowest BCUT2D eigenvalue weighted by molar-refractivity contribution is -0.141. The topological polar surface area (TPSA) is 117 Å². The lowest BCUT2D eigenvalue weighted by Gasteiger charge is -2.34. The van der Waals surface area contributed by atoms with E-state index in [1.54, 1.807) is 52.1 Å². The number of aryl methyl sites for hydroxylation is 1. The van der Waals surface area contributed by atoms with Gasteiger partial charge in [-0.3, -0.25) is 9.59 Å². The standard InChI is InChI=1S/C32H47N3O6/c1-7-8-9-10-11-12-21-35(30(38)27(22-36)34-31(39)41-32(3,4)5)28(24-15-13-23(2)14-16-24)29(37)33-25-17-19-26(40-6)20-18-25/h13-20,27-28,36H,7-12,21-22H2,1-6H3,(H,33,37)(H,34,39). The van der Waals surface area contributed by atoms with Crippen molar-refractivity contribution in [3.05, 3.63) is 59.7 Å². The van der Waals surface area contributed by atoms with Crippen LogP contribution in [0.1, 0.15) is 83.4 Å². The summed E-state index contributed by atoms with van der Waals surface area (Å²) in [6.45, 7) is 8.86. The number of carbonyl (C=O) groups excluding carboxylic acids is 3. The Balaban J connectivity index is 2.42. The Morgan fingerprint density at radius 2 is 1.54 bits per heavy atom. The molecule has 0 fully saturated rings. The molecular formula is C32H47N3O6. The van der Waals surface area contributed by atoms with E-state index in [1.807, 2.05) is 31.2 Å². The van der Waals surface area contributed by atoms with Crippen LogP contribution in [0.25, 0.3) is 0 Å². The molecule has 2 aromatic carbocycles. The van der Waals surface area contributed by atoms with E-state index in [0.717, 1.165) is 37.7 Å². The molecule has 2 rings (SSSR count). The summed E-state index contributed by atoms with van der Waals surface area (Å²) in [7, 11) is 1.57. The first-order valence-electron chi connectivity index (χ1n) is 14.4. The van der Waals surface area contributed by atoms with Crippen LogP contribution in [0.15, 0.2) is 48.5 Å². The lowest BCUT2D eigenvalue weighted by Crippen LogP contribution is -2.54. The summed E-state index contributed by atoms with van der Waals surface area (Å²) in [6.07, 6.45) is 5.11. The van der Waals surface area contributed by atoms with Gasteiger partial charge in [-0.25, -0.2) is 4.79 Å². The van der Waals surface area contributed by atoms with Gasteiger partial charge >= 0.3 is 6.09 Å². The quantitative estimate of drug-likeness (QED) is 0.235. The van der Waals surface area contributed by atoms with Gasteiger partial charge in [0, 0.05) is 12.2 Å². The Labute approximate surface area is 244 Å². The molecule has 0 aromatic heterocycles. The number of aliphatic hydroxyl groups is 1. The summed E-state index contributed by atoms with van der Waals surface area (Å²) in [4.78, 5) is 41.8. The molecular weight excluding hydrogens is 522 g/mol. The van der Waals surface area contributed by atoms with E-state index >= 15 is 0 Å². The second-order valence-corrected chi connectivity index (χ2v) is 11.2. The van der Waals surface area contributed by atoms with Gasteiger partial charge in [0.05, 0.1) is 13.7 Å². The molecule has 0 aliphatic carbocycles. The number of nitrogens with zero attached hydrogens (tertiary/aromatic N) is 1. The third kappa shape index (κ3) is 11.4. The molecule has 2 atom stereocenters. The van der Waals surface area contributed by atoms with E-state index in [2.05, 4.69) is 17.6 Å². The number of carbonyl (C=O) groups is 3. The number of methoxy groups -OCH3 is 1. The molecule has 0 radical (unpaired) electrons. The van der Waals surface area contributed by atoms with Gasteiger partial charge in [0.1, 0.15) is 23.4 Å². The highest BCUT2D eigenvalue weighted by atomic mass is 16.6. The molecule has 2 aromatic rings. The molecule has 41 heavy (non-hydrogen) atoms. The van der Waals surface area contributed by atoms with Crippen molar-refractivity contribution < 1.29 is 29.0 Å². The van der Waals surface area contributed by atoms with E-state index in [1.165, 1.54) is 4.90 Å². The highest BCUT2D eigenvalue weighted by Gasteiger charge is 2.36. The van der Waals surface area contributed by atoms with Gasteiger partial charge in [-0.05, 0) is 63.9 Å². The van der Waals surface area contributed by atoms with Crippen LogP contribution >= 0.6 is 0 Å². The Hall–Kier alpha value is -3.59. The lowest BCUT2D eigenvalue weighted by atomic mass is 10.0. The van der Waals surface area contributed by atoms with Gasteiger partial charge in [0.15, 0.2) is 0 Å². The maximum absolute atomic E-state index is 14.0. The van der Waals surface area contributed by atoms with Crippen molar-refractivity contribution in [1.29, 1.82) is 0 Å². The van der Waals surface area contributed by atoms with Crippen molar-refractivity contribution in [1.82, 2.24) is 10.2 Å². The summed E-state index contributed by atoms with van der Waals surface area (Å²) in [6, 6.07) is 12.1. The molecule has 9 nitrogen and oxygen atoms in total. The van der Waals surface area contributed by atoms with Gasteiger partial charge in [0.25, 0.3) is 5.91 Å². The Morgan fingerprint density at radius 3 is 2.10 bits per heavy atom. The summed E-state index contributed by atoms with van der Waals surface area (Å²) in [5.41, 5.74) is 1.39. The average molecular weight is 570 g/mol. The zero-order valence-electron chi connectivity index (χ0n) is 25.4. The number of hydrogen-bond acceptors (Lipinski definition) is 6. The van der Waals surface area contributed by atoms with Gasteiger partial charge in [0.2, 0.25) is 5.91 Å². The third-order valence-electron chi connectivity index (χ3n) is 6.52. The Kier molecular flexibility index (Phi) is 13.6. The molecule has 226 valence electrons. The fourth-order valence-electron chi connectivity index (χ4n) is 4.37. The van der Waals surface area contributed by atoms with Crippen LogP contribution in [-0.2, 0) is 14.3 Å². The van der Waals surface area contributed by atoms with Crippen LogP contribution < -0.4 is 15.4 Å². The molecule has 0 bridgehead atoms. The molecule has 3 amide bonds. The number of anilines is 1. The predicted octanol–water partition coefficient (Wildman–Crippen LogP) is 5.76. The first-order valence-corrected chi connectivity index (χ1v) is 14.4. The van der Waals surface area contributed by atoms with Crippen molar-refractivity contribution in [3.63, 3.8) is 0 Å². The minimum absolute atomic E-state index is 0.270. The molecule has 2 unspecified atom stereocenters. The molecule has 9 heteroatoms. The molecule has 3 N–H and O–H groups in total. The smallest absolute Gasteiger partial charge is 0.408 e. The van der Waals surface area contributed by atoms with Gasteiger partial charge in [-0.15, -0.1) is 0 Å². The average Bonchev–Trinajstić information content (AvgIpc) is 2.92. The first-order chi connectivity index (χ1) is 19.5. The maximum Gasteiger partial charge on any atom is 0.408 e. The predicted molar refractivity (Wildman–Crippen MR) is 161 cm³/mol. The normalized spacial score (nSPS) is 12.7. The van der Waals surface area contributed by atoms with Crippen LogP contribution in [-0.4, -0.2) is 59.8 Å². The second-order valence-electron chi connectivity index (χ2n) is 11.2. The zero-order chi connectivity index (χ0) is 30.4. The van der Waals surface area contributed by atoms with Crippen LogP contribution in [0.5, 0.6) is 5.75 Å². The Morgan fingerprint density at radius 1 is 0.927 bits per heavy atom. The van der Waals surface area contributed by atoms with E-state index in [0.29, 0.717) is 23.4 Å². The number of alkyl carbamates (subject to hydrolysis) is 1. The maximum atomic E-state index is 14.0. The molecule has 0 aliphatic heterocycles. The summed E-state index contributed by atoms with van der Waals surface area (Å²) in [5, 5.41) is 15.6. The van der Waals surface area contributed by atoms with Crippen LogP contribution in [0.3, 0.4) is 0 Å². The van der Waals surface area contributed by atoms with Crippen molar-refractivity contribution >= 4 is 23.6 Å². The summed E-state index contributed by atoms with van der Waals surface area (Å²) < 4.78 is 10.5. The number of benzene rings is 2. The molecule has 0 saturated carbocycles. The number of rotatable bonds is 15. The van der Waals surface area contributed by atoms with Crippen LogP contribution in [0, 0.1) is 6.92 Å². The fraction of sp³-hybridized carbons (Fsp3) is 0.531. The van der Waals surface area contributed by atoms with E-state index in [9.17, 15) is 19.5 Å². The van der Waals surface area contributed by atoms with Crippen molar-refractivity contribution in [2.45, 2.75) is 90.8 Å². The number of aliphatic hydroxyl groups excluding tert-OH is 1. The Bertz CT molecular complexity index is 1100. The third-order valence-corrected chi connectivity index (χ3v) is 6.52. The molecule has 0 saturated heterocycles. The van der Waals surface area contributed by atoms with E-state index in [-0.39, 0.29) is 6.54 Å². The molecule has 0 aliphatic rings. The van der Waals surface area contributed by atoms with E-state index in [4.69, 9.17) is 9.47 Å². The number of unbranched alkanes of at least 4 members (excludes halogenated alkanes) is 5. The summed E-state index contributed by atoms with van der Waals surface area (Å²) in [5.74, 6) is -0.327. The number of ether oxygens (including phenoxy) is 2. The largest absolute Gasteiger partial charge is 0.497 e. The zero-order valence-corrected chi connectivity index (χ0v) is 25.4. The first kappa shape index (κ1) is 33.6. The van der Waals surface area contributed by atoms with E-state index < -0.39 is 42.2 Å². The van der Waals surface area contributed by atoms with Crippen molar-refractivity contribution in [2.75, 3.05) is 25.6 Å². The van der Waals surface area contributed by atoms with Crippen molar-refractivity contribution in [3.8, 4) is 5.75 Å². The SMILES string of the molecule is CCCCCCCCN(C(=O)C(CO)NC(=O)OC(C)(C)C)C(C(=O)Nc1ccc(OC)cc1)c1ccc(C)cc1. The van der Waals surface area contributed by atoms with Crippen LogP contribution in [0.4, 0.5) is 10.5 Å². The van der Waals surface area contributed by atoms with Gasteiger partial charge in [-0.1, -0.05) is 68.9 Å². The number of amides is 3. The molecule has 0 heterocycles. The highest BCUT2D eigenvalue weighted by Crippen LogP contribution is 2.26. The fourth-order valence-corrected chi connectivity index (χ4v) is 4.37. The van der Waals surface area contributed by atoms with Gasteiger partial charge < -0.3 is 30.1 Å². The number of hydrogen-bond donors (Lipinski definition) is 3. The van der Waals surface area contributed by atoms with Crippen LogP contribution in [0.2, 0.25) is 0 Å². The molecule has 0 spiro atoms. The van der Waals surface area contributed by atoms with Crippen molar-refractivity contribution in [2.24, 2.45) is 0 Å². The number of nitrogens with one attached hydrogen (secondary N) is 2.